The minimum atomic E-state index is -3.50. The van der Waals surface area contributed by atoms with Crippen LogP contribution in [0.2, 0.25) is 0 Å². The van der Waals surface area contributed by atoms with Crippen LogP contribution in [-0.4, -0.2) is 52.7 Å². The Balaban J connectivity index is 1.35. The van der Waals surface area contributed by atoms with Crippen molar-refractivity contribution in [2.24, 2.45) is 0 Å². The summed E-state index contributed by atoms with van der Waals surface area (Å²) in [5.41, 5.74) is 3.46. The zero-order chi connectivity index (χ0) is 20.6. The first-order valence-corrected chi connectivity index (χ1v) is 11.0. The van der Waals surface area contributed by atoms with Crippen molar-refractivity contribution >= 4 is 27.4 Å². The van der Waals surface area contributed by atoms with E-state index in [0.29, 0.717) is 24.6 Å². The Labute approximate surface area is 168 Å². The molecule has 1 N–H and O–H groups in total. The van der Waals surface area contributed by atoms with Gasteiger partial charge >= 0.3 is 0 Å². The van der Waals surface area contributed by atoms with Crippen LogP contribution in [0.1, 0.15) is 22.8 Å². The van der Waals surface area contributed by atoms with E-state index < -0.39 is 10.0 Å². The van der Waals surface area contributed by atoms with E-state index in [2.05, 4.69) is 20.4 Å². The zero-order valence-electron chi connectivity index (χ0n) is 16.3. The second-order valence-electron chi connectivity index (χ2n) is 7.07. The van der Waals surface area contributed by atoms with E-state index in [-0.39, 0.29) is 24.6 Å². The number of rotatable bonds is 6. The maximum Gasteiger partial charge on any atom is 0.252 e. The average molecular weight is 414 g/mol. The number of para-hydroxylation sites is 1. The number of anilines is 1. The van der Waals surface area contributed by atoms with Crippen molar-refractivity contribution in [2.45, 2.75) is 26.7 Å². The second-order valence-corrected chi connectivity index (χ2v) is 9.09. The van der Waals surface area contributed by atoms with Crippen LogP contribution in [-0.2, 0) is 27.7 Å². The Kier molecular flexibility index (Phi) is 4.95. The SMILES string of the molecule is Cc1cc(C)n2nc(CC(=O)NCCS(=O)(=O)N3CCc4ccccc43)nc2n1. The summed E-state index contributed by atoms with van der Waals surface area (Å²) in [6, 6.07) is 9.36. The highest BCUT2D eigenvalue weighted by atomic mass is 32.2. The Morgan fingerprint density at radius 2 is 2.00 bits per heavy atom. The van der Waals surface area contributed by atoms with Crippen LogP contribution in [0.5, 0.6) is 0 Å². The molecule has 152 valence electrons. The summed E-state index contributed by atoms with van der Waals surface area (Å²) in [7, 11) is -3.50. The van der Waals surface area contributed by atoms with Gasteiger partial charge in [0.2, 0.25) is 15.9 Å². The van der Waals surface area contributed by atoms with Gasteiger partial charge in [0.15, 0.2) is 5.82 Å². The Bertz CT molecular complexity index is 1190. The fourth-order valence-corrected chi connectivity index (χ4v) is 4.94. The lowest BCUT2D eigenvalue weighted by Gasteiger charge is -2.19. The molecule has 0 saturated carbocycles. The number of nitrogens with zero attached hydrogens (tertiary/aromatic N) is 5. The van der Waals surface area contributed by atoms with E-state index in [1.165, 1.54) is 4.31 Å². The molecule has 1 aliphatic heterocycles. The number of carbonyl (C=O) groups excluding carboxylic acids is 1. The number of aryl methyl sites for hydroxylation is 2. The molecule has 0 fully saturated rings. The quantitative estimate of drug-likeness (QED) is 0.639. The lowest BCUT2D eigenvalue weighted by molar-refractivity contribution is -0.120. The molecule has 1 aromatic carbocycles. The summed E-state index contributed by atoms with van der Waals surface area (Å²) in [5.74, 6) is 0.304. The van der Waals surface area contributed by atoms with Gasteiger partial charge in [-0.2, -0.15) is 4.98 Å². The van der Waals surface area contributed by atoms with Gasteiger partial charge in [0.05, 0.1) is 17.9 Å². The van der Waals surface area contributed by atoms with Crippen molar-refractivity contribution in [3.05, 3.63) is 53.1 Å². The van der Waals surface area contributed by atoms with Crippen LogP contribution < -0.4 is 9.62 Å². The molecule has 0 atom stereocenters. The first-order valence-electron chi connectivity index (χ1n) is 9.38. The molecule has 1 aliphatic rings. The van der Waals surface area contributed by atoms with Crippen LogP contribution >= 0.6 is 0 Å². The summed E-state index contributed by atoms with van der Waals surface area (Å²) >= 11 is 0. The van der Waals surface area contributed by atoms with E-state index in [1.807, 2.05) is 44.2 Å². The fraction of sp³-hybridized carbons (Fsp3) is 0.368. The largest absolute Gasteiger partial charge is 0.355 e. The first kappa shape index (κ1) is 19.3. The van der Waals surface area contributed by atoms with Crippen LogP contribution in [0.15, 0.2) is 30.3 Å². The van der Waals surface area contributed by atoms with Crippen molar-refractivity contribution in [1.82, 2.24) is 24.9 Å². The number of nitrogens with one attached hydrogen (secondary N) is 1. The maximum atomic E-state index is 12.7. The minimum Gasteiger partial charge on any atom is -0.355 e. The monoisotopic (exact) mass is 414 g/mol. The number of fused-ring (bicyclic) bond motifs is 2. The molecular weight excluding hydrogens is 392 g/mol. The summed E-state index contributed by atoms with van der Waals surface area (Å²) in [5, 5.41) is 6.94. The number of benzene rings is 1. The van der Waals surface area contributed by atoms with E-state index in [1.54, 1.807) is 4.52 Å². The lowest BCUT2D eigenvalue weighted by Crippen LogP contribution is -2.37. The Morgan fingerprint density at radius 3 is 2.83 bits per heavy atom. The Morgan fingerprint density at radius 1 is 1.21 bits per heavy atom. The molecule has 0 unspecified atom stereocenters. The van der Waals surface area contributed by atoms with Crippen LogP contribution in [0.25, 0.3) is 5.78 Å². The molecule has 1 amide bonds. The molecule has 10 heteroatoms. The van der Waals surface area contributed by atoms with Gasteiger partial charge in [-0.3, -0.25) is 9.10 Å². The number of hydrogen-bond donors (Lipinski definition) is 1. The van der Waals surface area contributed by atoms with E-state index in [4.69, 9.17) is 0 Å². The molecule has 0 aliphatic carbocycles. The molecule has 4 rings (SSSR count). The smallest absolute Gasteiger partial charge is 0.252 e. The van der Waals surface area contributed by atoms with Crippen LogP contribution in [0, 0.1) is 13.8 Å². The summed E-state index contributed by atoms with van der Waals surface area (Å²) in [6.45, 7) is 4.23. The zero-order valence-corrected chi connectivity index (χ0v) is 17.1. The highest BCUT2D eigenvalue weighted by Crippen LogP contribution is 2.29. The van der Waals surface area contributed by atoms with Gasteiger partial charge in [-0.15, -0.1) is 5.10 Å². The van der Waals surface area contributed by atoms with Crippen molar-refractivity contribution in [3.8, 4) is 0 Å². The third-order valence-corrected chi connectivity index (χ3v) is 6.61. The van der Waals surface area contributed by atoms with Crippen molar-refractivity contribution in [3.63, 3.8) is 0 Å². The highest BCUT2D eigenvalue weighted by Gasteiger charge is 2.28. The molecule has 9 nitrogen and oxygen atoms in total. The fourth-order valence-electron chi connectivity index (χ4n) is 3.52. The molecule has 3 heterocycles. The predicted molar refractivity (Wildman–Crippen MR) is 108 cm³/mol. The summed E-state index contributed by atoms with van der Waals surface area (Å²) in [4.78, 5) is 20.8. The number of amides is 1. The predicted octanol–water partition coefficient (Wildman–Crippen LogP) is 0.792. The number of hydrogen-bond acceptors (Lipinski definition) is 6. The topological polar surface area (TPSA) is 110 Å². The van der Waals surface area contributed by atoms with Crippen LogP contribution in [0.3, 0.4) is 0 Å². The maximum absolute atomic E-state index is 12.7. The summed E-state index contributed by atoms with van der Waals surface area (Å²) in [6.07, 6.45) is 0.669. The first-order chi connectivity index (χ1) is 13.8. The third-order valence-electron chi connectivity index (χ3n) is 4.84. The number of carbonyl (C=O) groups is 1. The van der Waals surface area contributed by atoms with Crippen molar-refractivity contribution < 1.29 is 13.2 Å². The van der Waals surface area contributed by atoms with Crippen LogP contribution in [0.4, 0.5) is 5.69 Å². The number of aromatic nitrogens is 4. The van der Waals surface area contributed by atoms with Gasteiger partial charge in [-0.05, 0) is 38.0 Å². The Hall–Kier alpha value is -3.01. The minimum absolute atomic E-state index is 0.0313. The van der Waals surface area contributed by atoms with Crippen molar-refractivity contribution in [2.75, 3.05) is 23.1 Å². The molecular formula is C19H22N6O3S. The summed E-state index contributed by atoms with van der Waals surface area (Å²) < 4.78 is 28.3. The molecule has 0 saturated heterocycles. The van der Waals surface area contributed by atoms with Gasteiger partial charge in [0.1, 0.15) is 0 Å². The standard InChI is InChI=1S/C19H22N6O3S/c1-13-11-14(2)25-19(21-13)22-17(23-25)12-18(26)20-8-10-29(27,28)24-9-7-15-5-3-4-6-16(15)24/h3-6,11H,7-10,12H2,1-2H3,(H,20,26). The van der Waals surface area contributed by atoms with E-state index in [9.17, 15) is 13.2 Å². The molecule has 0 bridgehead atoms. The lowest BCUT2D eigenvalue weighted by atomic mass is 10.2. The number of sulfonamides is 1. The second kappa shape index (κ2) is 7.43. The molecule has 2 aromatic heterocycles. The highest BCUT2D eigenvalue weighted by molar-refractivity contribution is 7.92. The molecule has 0 spiro atoms. The van der Waals surface area contributed by atoms with Gasteiger partial charge in [0.25, 0.3) is 5.78 Å². The van der Waals surface area contributed by atoms with Gasteiger partial charge in [-0.25, -0.2) is 17.9 Å². The molecule has 0 radical (unpaired) electrons. The average Bonchev–Trinajstić information content (AvgIpc) is 3.25. The van der Waals surface area contributed by atoms with Crippen molar-refractivity contribution in [1.29, 1.82) is 0 Å². The molecule has 29 heavy (non-hydrogen) atoms. The van der Waals surface area contributed by atoms with E-state index in [0.717, 1.165) is 22.6 Å². The van der Waals surface area contributed by atoms with Gasteiger partial charge in [0, 0.05) is 24.5 Å². The normalized spacial score (nSPS) is 13.7. The van der Waals surface area contributed by atoms with Gasteiger partial charge in [-0.1, -0.05) is 18.2 Å². The van der Waals surface area contributed by atoms with Gasteiger partial charge < -0.3 is 5.32 Å². The molecule has 3 aromatic rings. The third kappa shape index (κ3) is 3.93. The van der Waals surface area contributed by atoms with E-state index >= 15 is 0 Å².